The fraction of sp³-hybridized carbons (Fsp3) is 0.167. The average molecular weight is 263 g/mol. The number of carbonyl (C=O) groups is 1. The first kappa shape index (κ1) is 12.5. The van der Waals surface area contributed by atoms with E-state index in [4.69, 9.17) is 10.8 Å². The number of benzene rings is 1. The summed E-state index contributed by atoms with van der Waals surface area (Å²) in [5.74, 6) is -1.08. The fourth-order valence-electron chi connectivity index (χ4n) is 1.37. The molecule has 1 aromatic heterocycles. The number of aromatic nitrogens is 1. The van der Waals surface area contributed by atoms with Crippen LogP contribution in [0.1, 0.15) is 17.3 Å². The highest BCUT2D eigenvalue weighted by Crippen LogP contribution is 2.23. The van der Waals surface area contributed by atoms with E-state index in [9.17, 15) is 4.79 Å². The minimum atomic E-state index is -1.08. The first-order valence-corrected chi connectivity index (χ1v) is 6.22. The van der Waals surface area contributed by atoms with Crippen molar-refractivity contribution in [2.45, 2.75) is 13.0 Å². The number of rotatable bonds is 4. The van der Waals surface area contributed by atoms with Gasteiger partial charge in [-0.3, -0.25) is 4.79 Å². The van der Waals surface area contributed by atoms with Crippen LogP contribution >= 0.6 is 11.3 Å². The van der Waals surface area contributed by atoms with Crippen molar-refractivity contribution in [1.82, 2.24) is 4.98 Å². The first-order valence-electron chi connectivity index (χ1n) is 5.34. The molecule has 0 amide bonds. The second-order valence-corrected chi connectivity index (χ2v) is 4.74. The van der Waals surface area contributed by atoms with Gasteiger partial charge in [-0.2, -0.15) is 0 Å². The van der Waals surface area contributed by atoms with Crippen molar-refractivity contribution in [1.29, 1.82) is 0 Å². The number of nitrogens with one attached hydrogen (secondary N) is 1. The zero-order valence-corrected chi connectivity index (χ0v) is 10.6. The maximum absolute atomic E-state index is 10.7. The Hall–Kier alpha value is -1.92. The second-order valence-electron chi connectivity index (χ2n) is 3.88. The van der Waals surface area contributed by atoms with E-state index >= 15 is 0 Å². The fourth-order valence-corrected chi connectivity index (χ4v) is 2.14. The van der Waals surface area contributed by atoms with E-state index in [0.717, 1.165) is 5.69 Å². The molecule has 0 aliphatic carbocycles. The van der Waals surface area contributed by atoms with Crippen LogP contribution in [-0.2, 0) is 4.79 Å². The van der Waals surface area contributed by atoms with Gasteiger partial charge in [0.25, 0.3) is 0 Å². The molecule has 0 saturated carbocycles. The molecule has 0 fully saturated rings. The summed E-state index contributed by atoms with van der Waals surface area (Å²) in [7, 11) is 0. The van der Waals surface area contributed by atoms with Gasteiger partial charge in [-0.1, -0.05) is 17.7 Å². The van der Waals surface area contributed by atoms with Crippen molar-refractivity contribution >= 4 is 28.1 Å². The molecule has 18 heavy (non-hydrogen) atoms. The van der Waals surface area contributed by atoms with Gasteiger partial charge in [0, 0.05) is 11.1 Å². The van der Waals surface area contributed by atoms with Crippen molar-refractivity contribution in [2.24, 2.45) is 5.73 Å². The smallest absolute Gasteiger partial charge is 0.326 e. The van der Waals surface area contributed by atoms with Crippen LogP contribution in [0, 0.1) is 6.92 Å². The topological polar surface area (TPSA) is 88.2 Å². The SMILES string of the molecule is Cc1ccc(Nc2nc(C(N)C(=O)O)cs2)cc1. The van der Waals surface area contributed by atoms with E-state index in [-0.39, 0.29) is 0 Å². The lowest BCUT2D eigenvalue weighted by molar-refractivity contribution is -0.138. The van der Waals surface area contributed by atoms with E-state index in [0.29, 0.717) is 10.8 Å². The van der Waals surface area contributed by atoms with Crippen molar-refractivity contribution in [2.75, 3.05) is 5.32 Å². The summed E-state index contributed by atoms with van der Waals surface area (Å²) < 4.78 is 0. The highest BCUT2D eigenvalue weighted by molar-refractivity contribution is 7.13. The molecule has 1 heterocycles. The monoisotopic (exact) mass is 263 g/mol. The van der Waals surface area contributed by atoms with Gasteiger partial charge in [-0.05, 0) is 19.1 Å². The van der Waals surface area contributed by atoms with Crippen molar-refractivity contribution in [3.8, 4) is 0 Å². The van der Waals surface area contributed by atoms with E-state index in [1.807, 2.05) is 31.2 Å². The molecule has 0 bridgehead atoms. The van der Waals surface area contributed by atoms with Gasteiger partial charge in [-0.25, -0.2) is 4.98 Å². The van der Waals surface area contributed by atoms with E-state index in [1.165, 1.54) is 16.9 Å². The zero-order chi connectivity index (χ0) is 13.1. The lowest BCUT2D eigenvalue weighted by Crippen LogP contribution is -2.20. The number of aliphatic carboxylic acids is 1. The van der Waals surface area contributed by atoms with E-state index < -0.39 is 12.0 Å². The zero-order valence-electron chi connectivity index (χ0n) is 9.75. The van der Waals surface area contributed by atoms with E-state index in [2.05, 4.69) is 10.3 Å². The minimum absolute atomic E-state index is 0.363. The van der Waals surface area contributed by atoms with Crippen LogP contribution in [0.2, 0.25) is 0 Å². The van der Waals surface area contributed by atoms with Gasteiger partial charge in [0.2, 0.25) is 0 Å². The maximum atomic E-state index is 10.7. The summed E-state index contributed by atoms with van der Waals surface area (Å²) in [6.45, 7) is 2.01. The third kappa shape index (κ3) is 2.85. The number of aryl methyl sites for hydroxylation is 1. The molecule has 1 atom stereocenters. The van der Waals surface area contributed by atoms with Crippen LogP contribution < -0.4 is 11.1 Å². The predicted octanol–water partition coefficient (Wildman–Crippen LogP) is 2.28. The van der Waals surface area contributed by atoms with Crippen molar-refractivity contribution < 1.29 is 9.90 Å². The van der Waals surface area contributed by atoms with Crippen molar-refractivity contribution in [3.63, 3.8) is 0 Å². The van der Waals surface area contributed by atoms with Gasteiger partial charge < -0.3 is 16.2 Å². The van der Waals surface area contributed by atoms with Crippen LogP contribution in [0.5, 0.6) is 0 Å². The van der Waals surface area contributed by atoms with Gasteiger partial charge in [0.05, 0.1) is 5.69 Å². The molecule has 4 N–H and O–H groups in total. The van der Waals surface area contributed by atoms with Crippen LogP contribution in [0.3, 0.4) is 0 Å². The minimum Gasteiger partial charge on any atom is -0.480 e. The lowest BCUT2D eigenvalue weighted by atomic mass is 10.2. The number of hydrogen-bond donors (Lipinski definition) is 3. The van der Waals surface area contributed by atoms with Gasteiger partial charge in [0.15, 0.2) is 5.13 Å². The molecular formula is C12H13N3O2S. The van der Waals surface area contributed by atoms with Gasteiger partial charge >= 0.3 is 5.97 Å². The molecule has 1 aromatic carbocycles. The number of carboxylic acids is 1. The summed E-state index contributed by atoms with van der Waals surface area (Å²) in [5.41, 5.74) is 7.93. The van der Waals surface area contributed by atoms with E-state index in [1.54, 1.807) is 5.38 Å². The highest BCUT2D eigenvalue weighted by Gasteiger charge is 2.17. The standard InChI is InChI=1S/C12H13N3O2S/c1-7-2-4-8(5-3-7)14-12-15-9(6-18-12)10(13)11(16)17/h2-6,10H,13H2,1H3,(H,14,15)(H,16,17). The average Bonchev–Trinajstić information content (AvgIpc) is 2.79. The molecule has 0 spiro atoms. The largest absolute Gasteiger partial charge is 0.480 e. The molecular weight excluding hydrogens is 250 g/mol. The Balaban J connectivity index is 2.11. The van der Waals surface area contributed by atoms with Crippen LogP contribution in [0.15, 0.2) is 29.6 Å². The molecule has 1 unspecified atom stereocenters. The Kier molecular flexibility index (Phi) is 3.59. The summed E-state index contributed by atoms with van der Waals surface area (Å²) in [6, 6.07) is 6.77. The van der Waals surface area contributed by atoms with Crippen LogP contribution in [-0.4, -0.2) is 16.1 Å². The molecule has 6 heteroatoms. The molecule has 2 aromatic rings. The quantitative estimate of drug-likeness (QED) is 0.787. The Bertz CT molecular complexity index is 551. The summed E-state index contributed by atoms with van der Waals surface area (Å²) in [5, 5.41) is 14.2. The predicted molar refractivity (Wildman–Crippen MR) is 71.1 cm³/mol. The van der Waals surface area contributed by atoms with Gasteiger partial charge in [0.1, 0.15) is 6.04 Å². The number of nitrogens with two attached hydrogens (primary N) is 1. The molecule has 0 radical (unpaired) electrons. The normalized spacial score (nSPS) is 12.1. The van der Waals surface area contributed by atoms with Crippen LogP contribution in [0.4, 0.5) is 10.8 Å². The molecule has 0 aliphatic heterocycles. The third-order valence-corrected chi connectivity index (χ3v) is 3.19. The molecule has 94 valence electrons. The number of thiazole rings is 1. The second kappa shape index (κ2) is 5.16. The first-order chi connectivity index (χ1) is 8.56. The number of hydrogen-bond acceptors (Lipinski definition) is 5. The molecule has 0 saturated heterocycles. The summed E-state index contributed by atoms with van der Waals surface area (Å²) in [6.07, 6.45) is 0. The number of anilines is 2. The van der Waals surface area contributed by atoms with Crippen molar-refractivity contribution in [3.05, 3.63) is 40.9 Å². The Morgan fingerprint density at radius 2 is 2.11 bits per heavy atom. The Morgan fingerprint density at radius 1 is 1.44 bits per heavy atom. The third-order valence-electron chi connectivity index (χ3n) is 2.41. The molecule has 2 rings (SSSR count). The lowest BCUT2D eigenvalue weighted by Gasteiger charge is -2.03. The molecule has 5 nitrogen and oxygen atoms in total. The number of nitrogens with zero attached hydrogens (tertiary/aromatic N) is 1. The van der Waals surface area contributed by atoms with Crippen LogP contribution in [0.25, 0.3) is 0 Å². The summed E-state index contributed by atoms with van der Waals surface area (Å²) >= 11 is 1.33. The maximum Gasteiger partial charge on any atom is 0.326 e. The Labute approximate surface area is 108 Å². The van der Waals surface area contributed by atoms with Gasteiger partial charge in [-0.15, -0.1) is 11.3 Å². The Morgan fingerprint density at radius 3 is 2.72 bits per heavy atom. The summed E-state index contributed by atoms with van der Waals surface area (Å²) in [4.78, 5) is 14.9. The number of carboxylic acid groups (broad SMARTS) is 1. The highest BCUT2D eigenvalue weighted by atomic mass is 32.1. The molecule has 0 aliphatic rings.